The summed E-state index contributed by atoms with van der Waals surface area (Å²) in [6, 6.07) is 9.84. The second-order valence-corrected chi connectivity index (χ2v) is 6.76. The van der Waals surface area contributed by atoms with Crippen LogP contribution >= 0.6 is 36.2 Å². The highest BCUT2D eigenvalue weighted by molar-refractivity contribution is 7.13. The molecule has 5 nitrogen and oxygen atoms in total. The molecule has 1 aromatic heterocycles. The van der Waals surface area contributed by atoms with Crippen LogP contribution in [0, 0.1) is 0 Å². The smallest absolute Gasteiger partial charge is 0.239 e. The minimum atomic E-state index is -0.409. The van der Waals surface area contributed by atoms with Crippen LogP contribution in [-0.2, 0) is 11.3 Å². The first kappa shape index (κ1) is 21.9. The third kappa shape index (κ3) is 5.66. The van der Waals surface area contributed by atoms with Gasteiger partial charge in [-0.2, -0.15) is 0 Å². The molecule has 0 unspecified atom stereocenters. The van der Waals surface area contributed by atoms with Crippen LogP contribution in [0.5, 0.6) is 0 Å². The van der Waals surface area contributed by atoms with E-state index in [1.165, 1.54) is 0 Å². The molecular formula is C17H24Cl2N4OS. The molecule has 8 heteroatoms. The molecule has 1 atom stereocenters. The van der Waals surface area contributed by atoms with Gasteiger partial charge in [-0.1, -0.05) is 30.3 Å². The molecule has 0 radical (unpaired) electrons. The molecular weight excluding hydrogens is 379 g/mol. The monoisotopic (exact) mass is 402 g/mol. The first-order valence-electron chi connectivity index (χ1n) is 7.90. The van der Waals surface area contributed by atoms with E-state index in [4.69, 9.17) is 10.7 Å². The summed E-state index contributed by atoms with van der Waals surface area (Å²) in [5, 5.41) is 3.19. The molecule has 0 spiro atoms. The van der Waals surface area contributed by atoms with Crippen molar-refractivity contribution in [1.82, 2.24) is 14.8 Å². The molecule has 0 bridgehead atoms. The predicted octanol–water partition coefficient (Wildman–Crippen LogP) is 2.65. The highest BCUT2D eigenvalue weighted by Crippen LogP contribution is 2.24. The lowest BCUT2D eigenvalue weighted by atomic mass is 10.2. The summed E-state index contributed by atoms with van der Waals surface area (Å²) < 4.78 is 0. The van der Waals surface area contributed by atoms with Gasteiger partial charge in [-0.25, -0.2) is 4.98 Å². The third-order valence-electron chi connectivity index (χ3n) is 4.03. The number of carbonyl (C=O) groups is 1. The number of hydrogen-bond acceptors (Lipinski definition) is 5. The lowest BCUT2D eigenvalue weighted by Gasteiger charge is -2.35. The molecule has 0 saturated carbocycles. The van der Waals surface area contributed by atoms with Gasteiger partial charge in [0.2, 0.25) is 5.91 Å². The average Bonchev–Trinajstić information content (AvgIpc) is 3.04. The quantitative estimate of drug-likeness (QED) is 0.853. The first-order valence-corrected chi connectivity index (χ1v) is 8.78. The molecule has 1 fully saturated rings. The standard InChI is InChI=1S/C17H22N4OS.2ClH/c1-13(18)17(22)21-9-7-20(8-10-21)11-15-12-23-16(19-15)14-5-3-2-4-6-14;;/h2-6,12-13H,7-11,18H2,1H3;2*1H/t13-;;/m1../s1. The zero-order valence-electron chi connectivity index (χ0n) is 14.1. The van der Waals surface area contributed by atoms with Crippen molar-refractivity contribution < 1.29 is 4.79 Å². The zero-order chi connectivity index (χ0) is 16.2. The van der Waals surface area contributed by atoms with E-state index in [0.717, 1.165) is 49.0 Å². The van der Waals surface area contributed by atoms with Crippen molar-refractivity contribution in [2.75, 3.05) is 26.2 Å². The van der Waals surface area contributed by atoms with Crippen LogP contribution in [0.3, 0.4) is 0 Å². The van der Waals surface area contributed by atoms with E-state index in [0.29, 0.717) is 0 Å². The first-order chi connectivity index (χ1) is 11.1. The molecule has 1 saturated heterocycles. The Morgan fingerprint density at radius 2 is 1.84 bits per heavy atom. The minimum absolute atomic E-state index is 0. The number of nitrogens with two attached hydrogens (primary N) is 1. The summed E-state index contributed by atoms with van der Waals surface area (Å²) in [6.45, 7) is 5.82. The number of hydrogen-bond donors (Lipinski definition) is 1. The van der Waals surface area contributed by atoms with Gasteiger partial charge in [-0.15, -0.1) is 36.2 Å². The van der Waals surface area contributed by atoms with Crippen LogP contribution < -0.4 is 5.73 Å². The topological polar surface area (TPSA) is 62.5 Å². The molecule has 2 heterocycles. The molecule has 1 aliphatic heterocycles. The van der Waals surface area contributed by atoms with Crippen LogP contribution in [0.1, 0.15) is 12.6 Å². The van der Waals surface area contributed by atoms with Crippen LogP contribution in [0.2, 0.25) is 0 Å². The summed E-state index contributed by atoms with van der Waals surface area (Å²) in [5.41, 5.74) is 7.93. The number of carbonyl (C=O) groups excluding carboxylic acids is 1. The highest BCUT2D eigenvalue weighted by atomic mass is 35.5. The number of piperazine rings is 1. The highest BCUT2D eigenvalue weighted by Gasteiger charge is 2.23. The minimum Gasteiger partial charge on any atom is -0.339 e. The number of nitrogens with zero attached hydrogens (tertiary/aromatic N) is 3. The van der Waals surface area contributed by atoms with E-state index in [9.17, 15) is 4.79 Å². The third-order valence-corrected chi connectivity index (χ3v) is 4.97. The number of rotatable bonds is 4. The number of aromatic nitrogens is 1. The lowest BCUT2D eigenvalue weighted by molar-refractivity contribution is -0.134. The van der Waals surface area contributed by atoms with E-state index in [1.54, 1.807) is 18.3 Å². The van der Waals surface area contributed by atoms with Crippen molar-refractivity contribution in [3.05, 3.63) is 41.4 Å². The Kier molecular flexibility index (Phi) is 8.82. The SMILES string of the molecule is C[C@@H](N)C(=O)N1CCN(Cc2csc(-c3ccccc3)n2)CC1.Cl.Cl. The van der Waals surface area contributed by atoms with E-state index in [1.807, 2.05) is 23.1 Å². The Bertz CT molecular complexity index is 658. The van der Waals surface area contributed by atoms with Gasteiger partial charge in [0.1, 0.15) is 5.01 Å². The van der Waals surface area contributed by atoms with Crippen molar-refractivity contribution in [2.24, 2.45) is 5.73 Å². The number of amides is 1. The van der Waals surface area contributed by atoms with Gasteiger partial charge in [0.15, 0.2) is 0 Å². The summed E-state index contributed by atoms with van der Waals surface area (Å²) in [6.07, 6.45) is 0. The van der Waals surface area contributed by atoms with Gasteiger partial charge < -0.3 is 10.6 Å². The summed E-state index contributed by atoms with van der Waals surface area (Å²) in [5.74, 6) is 0.0460. The van der Waals surface area contributed by atoms with E-state index in [-0.39, 0.29) is 30.7 Å². The molecule has 2 aromatic rings. The Morgan fingerprint density at radius 3 is 2.44 bits per heavy atom. The van der Waals surface area contributed by atoms with Crippen molar-refractivity contribution in [3.63, 3.8) is 0 Å². The second kappa shape index (κ2) is 10.1. The fourth-order valence-corrected chi connectivity index (χ4v) is 3.55. The molecule has 3 rings (SSSR count). The lowest BCUT2D eigenvalue weighted by Crippen LogP contribution is -2.52. The van der Waals surface area contributed by atoms with Gasteiger partial charge in [-0.3, -0.25) is 9.69 Å². The van der Waals surface area contributed by atoms with Crippen LogP contribution in [-0.4, -0.2) is 52.9 Å². The Hall–Kier alpha value is -1.18. The fourth-order valence-electron chi connectivity index (χ4n) is 2.74. The van der Waals surface area contributed by atoms with Crippen LogP contribution in [0.15, 0.2) is 35.7 Å². The normalized spacial score (nSPS) is 15.8. The zero-order valence-corrected chi connectivity index (χ0v) is 16.6. The molecule has 1 aromatic carbocycles. The number of halogens is 2. The Labute approximate surface area is 165 Å². The number of benzene rings is 1. The number of thiazole rings is 1. The van der Waals surface area contributed by atoms with E-state index in [2.05, 4.69) is 22.4 Å². The average molecular weight is 403 g/mol. The molecule has 25 heavy (non-hydrogen) atoms. The van der Waals surface area contributed by atoms with Gasteiger partial charge >= 0.3 is 0 Å². The molecule has 1 amide bonds. The molecule has 0 aliphatic carbocycles. The van der Waals surface area contributed by atoms with Gasteiger partial charge in [0.25, 0.3) is 0 Å². The van der Waals surface area contributed by atoms with Gasteiger partial charge in [-0.05, 0) is 6.92 Å². The maximum atomic E-state index is 11.9. The maximum absolute atomic E-state index is 11.9. The molecule has 138 valence electrons. The molecule has 1 aliphatic rings. The predicted molar refractivity (Wildman–Crippen MR) is 108 cm³/mol. The van der Waals surface area contributed by atoms with Gasteiger partial charge in [0, 0.05) is 43.7 Å². The summed E-state index contributed by atoms with van der Waals surface area (Å²) in [4.78, 5) is 20.8. The van der Waals surface area contributed by atoms with Crippen molar-refractivity contribution >= 4 is 42.1 Å². The Balaban J connectivity index is 0.00000156. The maximum Gasteiger partial charge on any atom is 0.239 e. The second-order valence-electron chi connectivity index (χ2n) is 5.90. The van der Waals surface area contributed by atoms with E-state index < -0.39 is 6.04 Å². The Morgan fingerprint density at radius 1 is 1.20 bits per heavy atom. The summed E-state index contributed by atoms with van der Waals surface area (Å²) >= 11 is 1.68. The van der Waals surface area contributed by atoms with Crippen molar-refractivity contribution in [3.8, 4) is 10.6 Å². The van der Waals surface area contributed by atoms with Crippen LogP contribution in [0.25, 0.3) is 10.6 Å². The largest absolute Gasteiger partial charge is 0.339 e. The van der Waals surface area contributed by atoms with Crippen molar-refractivity contribution in [2.45, 2.75) is 19.5 Å². The van der Waals surface area contributed by atoms with E-state index >= 15 is 0 Å². The fraction of sp³-hybridized carbons (Fsp3) is 0.412. The van der Waals surface area contributed by atoms with Crippen LogP contribution in [0.4, 0.5) is 0 Å². The molecule has 2 N–H and O–H groups in total. The summed E-state index contributed by atoms with van der Waals surface area (Å²) in [7, 11) is 0. The van der Waals surface area contributed by atoms with Gasteiger partial charge in [0.05, 0.1) is 11.7 Å². The van der Waals surface area contributed by atoms with Crippen molar-refractivity contribution in [1.29, 1.82) is 0 Å².